The summed E-state index contributed by atoms with van der Waals surface area (Å²) in [4.78, 5) is 40.8. The summed E-state index contributed by atoms with van der Waals surface area (Å²) in [6, 6.07) is 5.48. The van der Waals surface area contributed by atoms with Crippen LogP contribution < -0.4 is 15.4 Å². The van der Waals surface area contributed by atoms with Gasteiger partial charge in [-0.05, 0) is 43.2 Å². The molecule has 2 fully saturated rings. The van der Waals surface area contributed by atoms with Gasteiger partial charge in [-0.2, -0.15) is 0 Å². The number of fused-ring (bicyclic) bond motifs is 1. The molecule has 4 rings (SSSR count). The molecule has 1 unspecified atom stereocenters. The van der Waals surface area contributed by atoms with Crippen molar-refractivity contribution in [3.63, 3.8) is 0 Å². The number of nitrogens with one attached hydrogen (secondary N) is 2. The standard InChI is InChI=1S/C25H35N3O5/c1-32-18-9-10-20-21(14-26-22(20)12-18)24(30)25(31)28(15-17-6-3-2-4-7-17)16-23(29)27-13-19-8-5-11-33-19/h9-10,12,17,19,21,26H,2-8,11,13-16H2,1H3,(H,27,29)/t19-,21?/m0/s1. The minimum Gasteiger partial charge on any atom is -0.497 e. The molecule has 0 radical (unpaired) electrons. The van der Waals surface area contributed by atoms with E-state index in [0.29, 0.717) is 31.3 Å². The van der Waals surface area contributed by atoms with E-state index in [1.807, 2.05) is 12.1 Å². The summed E-state index contributed by atoms with van der Waals surface area (Å²) >= 11 is 0. The summed E-state index contributed by atoms with van der Waals surface area (Å²) in [6.07, 6.45) is 7.51. The Bertz CT molecular complexity index is 862. The van der Waals surface area contributed by atoms with Crippen molar-refractivity contribution in [1.29, 1.82) is 0 Å². The van der Waals surface area contributed by atoms with Gasteiger partial charge in [0.2, 0.25) is 11.7 Å². The summed E-state index contributed by atoms with van der Waals surface area (Å²) in [5, 5.41) is 6.10. The first-order valence-corrected chi connectivity index (χ1v) is 12.2. The molecule has 33 heavy (non-hydrogen) atoms. The number of rotatable bonds is 9. The second kappa shape index (κ2) is 11.0. The van der Waals surface area contributed by atoms with Crippen LogP contribution in [-0.4, -0.2) is 68.5 Å². The maximum absolute atomic E-state index is 13.4. The fourth-order valence-corrected chi connectivity index (χ4v) is 5.14. The lowest BCUT2D eigenvalue weighted by atomic mass is 9.88. The fraction of sp³-hybridized carbons (Fsp3) is 0.640. The number of benzene rings is 1. The highest BCUT2D eigenvalue weighted by Crippen LogP contribution is 2.35. The zero-order valence-corrected chi connectivity index (χ0v) is 19.4. The second-order valence-electron chi connectivity index (χ2n) is 9.38. The lowest BCUT2D eigenvalue weighted by Crippen LogP contribution is -2.48. The number of nitrogens with zero attached hydrogens (tertiary/aromatic N) is 1. The lowest BCUT2D eigenvalue weighted by molar-refractivity contribution is -0.147. The number of hydrogen-bond acceptors (Lipinski definition) is 6. The zero-order chi connectivity index (χ0) is 23.2. The van der Waals surface area contributed by atoms with E-state index in [0.717, 1.165) is 56.4 Å². The monoisotopic (exact) mass is 457 g/mol. The van der Waals surface area contributed by atoms with E-state index in [2.05, 4.69) is 10.6 Å². The van der Waals surface area contributed by atoms with E-state index in [-0.39, 0.29) is 18.6 Å². The van der Waals surface area contributed by atoms with Gasteiger partial charge in [-0.3, -0.25) is 14.4 Å². The average molecular weight is 458 g/mol. The first-order valence-electron chi connectivity index (χ1n) is 12.2. The molecule has 1 aliphatic carbocycles. The van der Waals surface area contributed by atoms with Gasteiger partial charge in [0.1, 0.15) is 5.75 Å². The number of methoxy groups -OCH3 is 1. The number of amides is 2. The van der Waals surface area contributed by atoms with E-state index in [4.69, 9.17) is 9.47 Å². The first kappa shape index (κ1) is 23.5. The number of carbonyl (C=O) groups excluding carboxylic acids is 3. The summed E-state index contributed by atoms with van der Waals surface area (Å²) in [6.45, 7) is 1.90. The van der Waals surface area contributed by atoms with Crippen LogP contribution in [0.1, 0.15) is 56.4 Å². The molecular weight excluding hydrogens is 422 g/mol. The molecule has 0 bridgehead atoms. The van der Waals surface area contributed by atoms with Crippen LogP contribution in [0.4, 0.5) is 5.69 Å². The van der Waals surface area contributed by atoms with E-state index in [9.17, 15) is 14.4 Å². The van der Waals surface area contributed by atoms with Gasteiger partial charge in [0.25, 0.3) is 5.91 Å². The maximum Gasteiger partial charge on any atom is 0.291 e. The van der Waals surface area contributed by atoms with Crippen molar-refractivity contribution in [2.24, 2.45) is 5.92 Å². The van der Waals surface area contributed by atoms with E-state index >= 15 is 0 Å². The van der Waals surface area contributed by atoms with Gasteiger partial charge in [-0.1, -0.05) is 25.3 Å². The normalized spacial score (nSPS) is 22.3. The Balaban J connectivity index is 1.43. The van der Waals surface area contributed by atoms with Crippen molar-refractivity contribution in [3.8, 4) is 5.75 Å². The maximum atomic E-state index is 13.4. The van der Waals surface area contributed by atoms with Gasteiger partial charge in [-0.15, -0.1) is 0 Å². The van der Waals surface area contributed by atoms with Crippen LogP contribution in [0.15, 0.2) is 18.2 Å². The smallest absolute Gasteiger partial charge is 0.291 e. The molecule has 0 spiro atoms. The number of anilines is 1. The summed E-state index contributed by atoms with van der Waals surface area (Å²) < 4.78 is 10.8. The predicted molar refractivity (Wildman–Crippen MR) is 124 cm³/mol. The van der Waals surface area contributed by atoms with Gasteiger partial charge < -0.3 is 25.0 Å². The van der Waals surface area contributed by atoms with E-state index in [1.54, 1.807) is 13.2 Å². The van der Waals surface area contributed by atoms with Crippen molar-refractivity contribution in [2.75, 3.05) is 45.2 Å². The van der Waals surface area contributed by atoms with Crippen LogP contribution in [0.25, 0.3) is 0 Å². The third kappa shape index (κ3) is 5.85. The van der Waals surface area contributed by atoms with Crippen LogP contribution in [0.5, 0.6) is 5.75 Å². The summed E-state index contributed by atoms with van der Waals surface area (Å²) in [7, 11) is 1.59. The number of Topliss-reactive ketones (excluding diaryl/α,β-unsaturated/α-hetero) is 1. The van der Waals surface area contributed by atoms with E-state index in [1.165, 1.54) is 11.3 Å². The quantitative estimate of drug-likeness (QED) is 0.553. The van der Waals surface area contributed by atoms with Gasteiger partial charge >= 0.3 is 0 Å². The number of ketones is 1. The molecule has 1 saturated carbocycles. The highest BCUT2D eigenvalue weighted by atomic mass is 16.5. The molecule has 0 aromatic heterocycles. The van der Waals surface area contributed by atoms with Crippen molar-refractivity contribution >= 4 is 23.3 Å². The second-order valence-corrected chi connectivity index (χ2v) is 9.38. The van der Waals surface area contributed by atoms with Crippen LogP contribution in [0.2, 0.25) is 0 Å². The Morgan fingerprint density at radius 3 is 2.70 bits per heavy atom. The summed E-state index contributed by atoms with van der Waals surface area (Å²) in [5.41, 5.74) is 1.61. The van der Waals surface area contributed by atoms with Crippen molar-refractivity contribution < 1.29 is 23.9 Å². The Hall–Kier alpha value is -2.61. The largest absolute Gasteiger partial charge is 0.497 e. The highest BCUT2D eigenvalue weighted by Gasteiger charge is 2.36. The molecule has 1 aromatic carbocycles. The Kier molecular flexibility index (Phi) is 7.85. The molecule has 3 aliphatic rings. The highest BCUT2D eigenvalue weighted by molar-refractivity contribution is 6.38. The van der Waals surface area contributed by atoms with Crippen molar-refractivity contribution in [1.82, 2.24) is 10.2 Å². The minimum atomic E-state index is -0.566. The lowest BCUT2D eigenvalue weighted by Gasteiger charge is -2.29. The van der Waals surface area contributed by atoms with Gasteiger partial charge in [0, 0.05) is 38.0 Å². The third-order valence-electron chi connectivity index (χ3n) is 7.04. The Labute approximate surface area is 195 Å². The molecule has 1 aromatic rings. The summed E-state index contributed by atoms with van der Waals surface area (Å²) in [5.74, 6) is -0.793. The van der Waals surface area contributed by atoms with Crippen LogP contribution in [-0.2, 0) is 19.1 Å². The molecule has 8 heteroatoms. The van der Waals surface area contributed by atoms with Gasteiger partial charge in [0.05, 0.1) is 25.7 Å². The average Bonchev–Trinajstić information content (AvgIpc) is 3.51. The van der Waals surface area contributed by atoms with Crippen molar-refractivity contribution in [2.45, 2.75) is 57.0 Å². The van der Waals surface area contributed by atoms with E-state index < -0.39 is 17.6 Å². The predicted octanol–water partition coefficient (Wildman–Crippen LogP) is 2.48. The molecule has 2 aliphatic heterocycles. The molecule has 180 valence electrons. The van der Waals surface area contributed by atoms with Crippen LogP contribution in [0.3, 0.4) is 0 Å². The third-order valence-corrected chi connectivity index (χ3v) is 7.04. The van der Waals surface area contributed by atoms with Gasteiger partial charge in [-0.25, -0.2) is 0 Å². The Morgan fingerprint density at radius 1 is 1.15 bits per heavy atom. The van der Waals surface area contributed by atoms with Crippen LogP contribution in [0, 0.1) is 5.92 Å². The SMILES string of the molecule is COc1ccc2c(c1)NCC2C(=O)C(=O)N(CC(=O)NC[C@@H]1CCCO1)CC1CCCCC1. The minimum absolute atomic E-state index is 0.0381. The van der Waals surface area contributed by atoms with Crippen molar-refractivity contribution in [3.05, 3.63) is 23.8 Å². The topological polar surface area (TPSA) is 97.0 Å². The van der Waals surface area contributed by atoms with Crippen LogP contribution >= 0.6 is 0 Å². The molecule has 2 atom stereocenters. The number of hydrogen-bond donors (Lipinski definition) is 2. The molecule has 1 saturated heterocycles. The number of ether oxygens (including phenoxy) is 2. The Morgan fingerprint density at radius 2 is 1.97 bits per heavy atom. The number of carbonyl (C=O) groups is 3. The molecule has 8 nitrogen and oxygen atoms in total. The molecular formula is C25H35N3O5. The molecule has 2 heterocycles. The first-order chi connectivity index (χ1) is 16.0. The van der Waals surface area contributed by atoms with Gasteiger partial charge in [0.15, 0.2) is 0 Å². The molecule has 2 amide bonds. The molecule has 2 N–H and O–H groups in total. The fourth-order valence-electron chi connectivity index (χ4n) is 5.14. The zero-order valence-electron chi connectivity index (χ0n) is 19.4.